The Balaban J connectivity index is 1.61. The van der Waals surface area contributed by atoms with Crippen LogP contribution in [0.25, 0.3) is 11.1 Å². The fraction of sp³-hybridized carbons (Fsp3) is 0.435. The predicted octanol–water partition coefficient (Wildman–Crippen LogP) is 4.28. The van der Waals surface area contributed by atoms with E-state index >= 15 is 0 Å². The number of allylic oxidation sites excluding steroid dienone is 1. The smallest absolute Gasteiger partial charge is 0.131 e. The molecule has 1 aromatic heterocycles. The largest absolute Gasteiger partial charge is 0.355 e. The summed E-state index contributed by atoms with van der Waals surface area (Å²) in [6.45, 7) is 7.43. The number of piperazine rings is 1. The van der Waals surface area contributed by atoms with Gasteiger partial charge in [0.15, 0.2) is 0 Å². The van der Waals surface area contributed by atoms with Gasteiger partial charge in [0.05, 0.1) is 11.9 Å². The van der Waals surface area contributed by atoms with Crippen LogP contribution in [0, 0.1) is 0 Å². The van der Waals surface area contributed by atoms with Crippen LogP contribution in [0.15, 0.2) is 57.3 Å². The van der Waals surface area contributed by atoms with Crippen LogP contribution in [-0.2, 0) is 0 Å². The molecule has 0 aliphatic carbocycles. The molecule has 2 N–H and O–H groups in total. The van der Waals surface area contributed by atoms with Crippen molar-refractivity contribution in [1.29, 1.82) is 0 Å². The zero-order valence-corrected chi connectivity index (χ0v) is 18.6. The zero-order chi connectivity index (χ0) is 20.9. The van der Waals surface area contributed by atoms with Gasteiger partial charge < -0.3 is 10.2 Å². The first kappa shape index (κ1) is 20.9. The van der Waals surface area contributed by atoms with Gasteiger partial charge in [0.1, 0.15) is 5.84 Å². The van der Waals surface area contributed by atoms with Crippen LogP contribution in [0.3, 0.4) is 0 Å². The molecule has 4 rings (SSSR count). The van der Waals surface area contributed by atoms with Crippen molar-refractivity contribution in [2.24, 2.45) is 10.2 Å². The van der Waals surface area contributed by atoms with Gasteiger partial charge in [-0.3, -0.25) is 5.10 Å². The van der Waals surface area contributed by atoms with Crippen molar-refractivity contribution in [3.8, 4) is 11.1 Å². The summed E-state index contributed by atoms with van der Waals surface area (Å²) in [6, 6.07) is 6.76. The number of aromatic amines is 1. The molecule has 6 nitrogen and oxygen atoms in total. The highest BCUT2D eigenvalue weighted by Crippen LogP contribution is 2.26. The van der Waals surface area contributed by atoms with Crippen molar-refractivity contribution in [2.45, 2.75) is 50.5 Å². The molecule has 1 atom stereocenters. The molecular weight excluding hydrogens is 392 g/mol. The third kappa shape index (κ3) is 4.68. The number of hydrogen-bond acceptors (Lipinski definition) is 6. The van der Waals surface area contributed by atoms with E-state index in [0.29, 0.717) is 6.04 Å². The molecule has 2 aromatic rings. The maximum atomic E-state index is 4.75. The minimum absolute atomic E-state index is 0.534. The van der Waals surface area contributed by atoms with Crippen molar-refractivity contribution in [3.05, 3.63) is 47.8 Å². The van der Waals surface area contributed by atoms with Crippen LogP contribution in [0.2, 0.25) is 0 Å². The number of hydrogen-bond donors (Lipinski definition) is 3. The summed E-state index contributed by atoms with van der Waals surface area (Å²) in [5.41, 5.74) is 5.36. The van der Waals surface area contributed by atoms with Crippen LogP contribution in [0.4, 0.5) is 0 Å². The molecule has 3 heterocycles. The zero-order valence-electron chi connectivity index (χ0n) is 17.7. The SMILES string of the molecule is CCCC1CN(C2=NN=C(c3ccc(-c4cn[nH]c4)cc3S)C=C(CC)C2)CCN1. The van der Waals surface area contributed by atoms with E-state index in [-0.39, 0.29) is 0 Å². The van der Waals surface area contributed by atoms with Crippen LogP contribution >= 0.6 is 12.6 Å². The Morgan fingerprint density at radius 3 is 2.83 bits per heavy atom. The topological polar surface area (TPSA) is 68.7 Å². The van der Waals surface area contributed by atoms with Gasteiger partial charge in [0.25, 0.3) is 0 Å². The molecule has 0 saturated carbocycles. The van der Waals surface area contributed by atoms with E-state index in [0.717, 1.165) is 65.6 Å². The molecule has 1 saturated heterocycles. The van der Waals surface area contributed by atoms with E-state index in [1.54, 1.807) is 0 Å². The molecule has 1 unspecified atom stereocenters. The number of rotatable bonds is 5. The Kier molecular flexibility index (Phi) is 6.69. The second-order valence-corrected chi connectivity index (χ2v) is 8.42. The molecule has 2 aliphatic rings. The molecular formula is C23H30N6S. The van der Waals surface area contributed by atoms with E-state index in [1.165, 1.54) is 18.4 Å². The first-order chi connectivity index (χ1) is 14.7. The third-order valence-corrected chi connectivity index (χ3v) is 6.19. The summed E-state index contributed by atoms with van der Waals surface area (Å²) >= 11 is 4.75. The van der Waals surface area contributed by atoms with Gasteiger partial charge in [0, 0.05) is 54.3 Å². The van der Waals surface area contributed by atoms with Crippen molar-refractivity contribution < 1.29 is 0 Å². The second kappa shape index (κ2) is 9.62. The van der Waals surface area contributed by atoms with Crippen LogP contribution < -0.4 is 5.32 Å². The molecule has 7 heteroatoms. The summed E-state index contributed by atoms with van der Waals surface area (Å²) in [7, 11) is 0. The first-order valence-corrected chi connectivity index (χ1v) is 11.3. The van der Waals surface area contributed by atoms with E-state index in [1.807, 2.05) is 12.4 Å². The number of nitrogens with zero attached hydrogens (tertiary/aromatic N) is 4. The van der Waals surface area contributed by atoms with Crippen molar-refractivity contribution >= 4 is 24.2 Å². The van der Waals surface area contributed by atoms with Crippen LogP contribution in [-0.4, -0.2) is 52.3 Å². The summed E-state index contributed by atoms with van der Waals surface area (Å²) in [4.78, 5) is 3.30. The van der Waals surface area contributed by atoms with E-state index in [4.69, 9.17) is 17.7 Å². The summed E-state index contributed by atoms with van der Waals surface area (Å²) in [5.74, 6) is 1.08. The Morgan fingerprint density at radius 2 is 2.10 bits per heavy atom. The molecule has 0 spiro atoms. The minimum atomic E-state index is 0.534. The van der Waals surface area contributed by atoms with Crippen molar-refractivity contribution in [2.75, 3.05) is 19.6 Å². The number of thiol groups is 1. The highest BCUT2D eigenvalue weighted by Gasteiger charge is 2.23. The van der Waals surface area contributed by atoms with E-state index in [9.17, 15) is 0 Å². The van der Waals surface area contributed by atoms with Gasteiger partial charge in [-0.15, -0.1) is 22.8 Å². The molecule has 2 aliphatic heterocycles. The highest BCUT2D eigenvalue weighted by molar-refractivity contribution is 7.80. The molecule has 1 aromatic carbocycles. The Morgan fingerprint density at radius 1 is 1.20 bits per heavy atom. The minimum Gasteiger partial charge on any atom is -0.355 e. The van der Waals surface area contributed by atoms with E-state index in [2.05, 4.69) is 63.6 Å². The molecule has 0 bridgehead atoms. The Labute approximate surface area is 184 Å². The quantitative estimate of drug-likeness (QED) is 0.630. The maximum absolute atomic E-state index is 4.75. The number of aromatic nitrogens is 2. The van der Waals surface area contributed by atoms with Gasteiger partial charge in [0.2, 0.25) is 0 Å². The summed E-state index contributed by atoms with van der Waals surface area (Å²) in [6.07, 6.45) is 10.1. The molecule has 1 fully saturated rings. The average molecular weight is 423 g/mol. The number of benzene rings is 1. The number of amidine groups is 1. The maximum Gasteiger partial charge on any atom is 0.131 e. The predicted molar refractivity (Wildman–Crippen MR) is 127 cm³/mol. The van der Waals surface area contributed by atoms with Gasteiger partial charge in [-0.2, -0.15) is 5.10 Å². The standard InChI is InChI=1S/C23H30N6S/c1-3-5-19-15-29(9-8-24-19)23-11-16(4-2)10-21(27-28-23)20-7-6-17(12-22(20)30)18-13-25-26-14-18/h6-7,10,12-14,19,24,30H,3-5,8-9,11,15H2,1-2H3,(H,25,26). The Hall–Kier alpha value is -2.38. The third-order valence-electron chi connectivity index (χ3n) is 5.82. The second-order valence-electron chi connectivity index (χ2n) is 7.94. The average Bonchev–Trinajstić information content (AvgIpc) is 3.21. The lowest BCUT2D eigenvalue weighted by atomic mass is 10.0. The highest BCUT2D eigenvalue weighted by atomic mass is 32.1. The molecule has 0 radical (unpaired) electrons. The van der Waals surface area contributed by atoms with Gasteiger partial charge in [-0.1, -0.05) is 38.0 Å². The Bertz CT molecular complexity index is 958. The normalized spacial score (nSPS) is 19.8. The van der Waals surface area contributed by atoms with Crippen LogP contribution in [0.1, 0.15) is 45.1 Å². The molecule has 158 valence electrons. The van der Waals surface area contributed by atoms with Crippen molar-refractivity contribution in [1.82, 2.24) is 20.4 Å². The lowest BCUT2D eigenvalue weighted by Gasteiger charge is -2.35. The monoisotopic (exact) mass is 422 g/mol. The van der Waals surface area contributed by atoms with Gasteiger partial charge >= 0.3 is 0 Å². The number of H-pyrrole nitrogens is 1. The molecule has 30 heavy (non-hydrogen) atoms. The summed E-state index contributed by atoms with van der Waals surface area (Å²) < 4.78 is 0. The fourth-order valence-corrected chi connectivity index (χ4v) is 4.42. The lowest BCUT2D eigenvalue weighted by Crippen LogP contribution is -2.52. The van der Waals surface area contributed by atoms with Crippen LogP contribution in [0.5, 0.6) is 0 Å². The van der Waals surface area contributed by atoms with E-state index < -0.39 is 0 Å². The number of nitrogens with one attached hydrogen (secondary N) is 2. The lowest BCUT2D eigenvalue weighted by molar-refractivity contribution is 0.277. The fourth-order valence-electron chi connectivity index (χ4n) is 4.10. The first-order valence-electron chi connectivity index (χ1n) is 10.8. The summed E-state index contributed by atoms with van der Waals surface area (Å²) in [5, 5.41) is 19.9. The molecule has 0 amide bonds. The van der Waals surface area contributed by atoms with Crippen molar-refractivity contribution in [3.63, 3.8) is 0 Å². The van der Waals surface area contributed by atoms with Gasteiger partial charge in [-0.25, -0.2) is 0 Å². The van der Waals surface area contributed by atoms with Gasteiger partial charge in [-0.05, 0) is 30.5 Å².